The molecule has 29 heavy (non-hydrogen) atoms. The molecule has 0 fully saturated rings. The van der Waals surface area contributed by atoms with Crippen LogP contribution in [0.4, 0.5) is 0 Å². The molecule has 5 nitrogen and oxygen atoms in total. The van der Waals surface area contributed by atoms with Crippen LogP contribution in [0.5, 0.6) is 5.75 Å². The van der Waals surface area contributed by atoms with Gasteiger partial charge in [0.05, 0.1) is 11.8 Å². The number of aromatic hydroxyl groups is 1. The Hall–Kier alpha value is -3.38. The lowest BCUT2D eigenvalue weighted by atomic mass is 10.1. The molecule has 0 saturated carbocycles. The molecule has 2 N–H and O–H groups in total. The molecule has 3 aromatic carbocycles. The average molecular weight is 448 g/mol. The summed E-state index contributed by atoms with van der Waals surface area (Å²) in [6.07, 6.45) is 3.27. The van der Waals surface area contributed by atoms with Crippen LogP contribution in [0.1, 0.15) is 21.5 Å². The summed E-state index contributed by atoms with van der Waals surface area (Å²) in [7, 11) is 0. The molecule has 6 heteroatoms. The van der Waals surface area contributed by atoms with E-state index in [-0.39, 0.29) is 11.7 Å². The number of phenols is 1. The van der Waals surface area contributed by atoms with Crippen LogP contribution in [0.3, 0.4) is 0 Å². The van der Waals surface area contributed by atoms with E-state index in [4.69, 9.17) is 0 Å². The summed E-state index contributed by atoms with van der Waals surface area (Å²) in [5, 5.41) is 14.6. The number of hydrazone groups is 1. The monoisotopic (exact) mass is 447 g/mol. The maximum atomic E-state index is 12.7. The minimum absolute atomic E-state index is 0.108. The Kier molecular flexibility index (Phi) is 5.44. The third-order valence-corrected chi connectivity index (χ3v) is 5.13. The maximum absolute atomic E-state index is 12.7. The molecule has 0 radical (unpaired) electrons. The highest BCUT2D eigenvalue weighted by atomic mass is 79.9. The Morgan fingerprint density at radius 3 is 2.55 bits per heavy atom. The number of hydrogen-bond acceptors (Lipinski definition) is 3. The third-order valence-electron chi connectivity index (χ3n) is 4.61. The van der Waals surface area contributed by atoms with E-state index in [0.29, 0.717) is 17.7 Å². The average Bonchev–Trinajstić information content (AvgIpc) is 3.10. The van der Waals surface area contributed by atoms with Gasteiger partial charge in [-0.25, -0.2) is 5.43 Å². The number of phenolic OH excluding ortho intramolecular Hbond substituents is 1. The molecular formula is C23H18BrN3O2. The van der Waals surface area contributed by atoms with E-state index >= 15 is 0 Å². The largest absolute Gasteiger partial charge is 0.507 e. The number of nitrogens with zero attached hydrogens (tertiary/aromatic N) is 2. The molecular weight excluding hydrogens is 430 g/mol. The van der Waals surface area contributed by atoms with Crippen molar-refractivity contribution in [3.63, 3.8) is 0 Å². The van der Waals surface area contributed by atoms with Crippen LogP contribution in [0.2, 0.25) is 0 Å². The minimum atomic E-state index is -0.303. The van der Waals surface area contributed by atoms with E-state index in [1.807, 2.05) is 42.6 Å². The summed E-state index contributed by atoms with van der Waals surface area (Å²) in [6.45, 7) is 0.655. The molecule has 144 valence electrons. The summed E-state index contributed by atoms with van der Waals surface area (Å²) >= 11 is 3.45. The number of carbonyl (C=O) groups is 1. The molecule has 0 aliphatic heterocycles. The van der Waals surface area contributed by atoms with Crippen molar-refractivity contribution in [3.8, 4) is 5.75 Å². The molecule has 1 aromatic heterocycles. The van der Waals surface area contributed by atoms with Gasteiger partial charge in [0, 0.05) is 33.7 Å². The summed E-state index contributed by atoms with van der Waals surface area (Å²) in [6, 6.07) is 22.7. The standard InChI is InChI=1S/C23H18BrN3O2/c24-18-11-9-16(10-12-18)14-27-15-20(19-6-2-3-7-21(19)27)23(29)26-25-13-17-5-1-4-8-22(17)28/h1-13,15,28H,14H2,(H,26,29)/b25-13+. The highest BCUT2D eigenvalue weighted by Crippen LogP contribution is 2.23. The Morgan fingerprint density at radius 2 is 1.76 bits per heavy atom. The molecule has 0 atom stereocenters. The number of benzene rings is 3. The first kappa shape index (κ1) is 19.0. The highest BCUT2D eigenvalue weighted by Gasteiger charge is 2.14. The van der Waals surface area contributed by atoms with Gasteiger partial charge in [-0.1, -0.05) is 58.4 Å². The molecule has 0 aliphatic rings. The number of carbonyl (C=O) groups excluding carboxylic acids is 1. The minimum Gasteiger partial charge on any atom is -0.507 e. The number of aromatic nitrogens is 1. The smallest absolute Gasteiger partial charge is 0.273 e. The Balaban J connectivity index is 1.59. The van der Waals surface area contributed by atoms with Gasteiger partial charge >= 0.3 is 0 Å². The molecule has 0 bridgehead atoms. The van der Waals surface area contributed by atoms with E-state index in [0.717, 1.165) is 20.9 Å². The molecule has 4 rings (SSSR count). The Labute approximate surface area is 176 Å². The summed E-state index contributed by atoms with van der Waals surface area (Å²) < 4.78 is 3.08. The Morgan fingerprint density at radius 1 is 1.03 bits per heavy atom. The van der Waals surface area contributed by atoms with Crippen LogP contribution in [-0.2, 0) is 6.54 Å². The Bertz CT molecular complexity index is 1200. The topological polar surface area (TPSA) is 66.6 Å². The van der Waals surface area contributed by atoms with Crippen LogP contribution in [0.25, 0.3) is 10.9 Å². The number of halogens is 1. The zero-order valence-electron chi connectivity index (χ0n) is 15.4. The molecule has 4 aromatic rings. The highest BCUT2D eigenvalue weighted by molar-refractivity contribution is 9.10. The van der Waals surface area contributed by atoms with Gasteiger partial charge in [0.15, 0.2) is 0 Å². The van der Waals surface area contributed by atoms with Crippen LogP contribution in [-0.4, -0.2) is 21.8 Å². The fourth-order valence-corrected chi connectivity index (χ4v) is 3.43. The number of nitrogens with one attached hydrogen (secondary N) is 1. The number of fused-ring (bicyclic) bond motifs is 1. The van der Waals surface area contributed by atoms with Crippen LogP contribution in [0, 0.1) is 0 Å². The fourth-order valence-electron chi connectivity index (χ4n) is 3.16. The van der Waals surface area contributed by atoms with Crippen LogP contribution >= 0.6 is 15.9 Å². The number of para-hydroxylation sites is 2. The normalized spacial score (nSPS) is 11.2. The molecule has 0 aliphatic carbocycles. The maximum Gasteiger partial charge on any atom is 0.273 e. The lowest BCUT2D eigenvalue weighted by Crippen LogP contribution is -2.17. The van der Waals surface area contributed by atoms with Crippen molar-refractivity contribution in [2.45, 2.75) is 6.54 Å². The van der Waals surface area contributed by atoms with E-state index in [1.165, 1.54) is 6.21 Å². The third kappa shape index (κ3) is 4.22. The van der Waals surface area contributed by atoms with Crippen LogP contribution < -0.4 is 5.43 Å². The van der Waals surface area contributed by atoms with E-state index in [1.54, 1.807) is 24.3 Å². The summed E-state index contributed by atoms with van der Waals surface area (Å²) in [5.41, 5.74) is 5.75. The zero-order valence-corrected chi connectivity index (χ0v) is 17.0. The first-order valence-electron chi connectivity index (χ1n) is 9.05. The van der Waals surface area contributed by atoms with Crippen molar-refractivity contribution in [3.05, 3.63) is 100 Å². The van der Waals surface area contributed by atoms with Crippen LogP contribution in [0.15, 0.2) is 88.6 Å². The quantitative estimate of drug-likeness (QED) is 0.336. The lowest BCUT2D eigenvalue weighted by molar-refractivity contribution is 0.0956. The number of hydrogen-bond donors (Lipinski definition) is 2. The molecule has 0 saturated heterocycles. The predicted octanol–water partition coefficient (Wildman–Crippen LogP) is 4.92. The molecule has 0 unspecified atom stereocenters. The van der Waals surface area contributed by atoms with E-state index < -0.39 is 0 Å². The van der Waals surface area contributed by atoms with Gasteiger partial charge in [0.1, 0.15) is 5.75 Å². The molecule has 0 spiro atoms. The van der Waals surface area contributed by atoms with E-state index in [2.05, 4.69) is 43.2 Å². The predicted molar refractivity (Wildman–Crippen MR) is 118 cm³/mol. The van der Waals surface area contributed by atoms with Gasteiger partial charge in [-0.15, -0.1) is 0 Å². The van der Waals surface area contributed by atoms with Crippen molar-refractivity contribution < 1.29 is 9.90 Å². The lowest BCUT2D eigenvalue weighted by Gasteiger charge is -2.05. The SMILES string of the molecule is O=C(N/N=C/c1ccccc1O)c1cn(Cc2ccc(Br)cc2)c2ccccc12. The van der Waals surface area contributed by atoms with Gasteiger partial charge in [0.2, 0.25) is 0 Å². The van der Waals surface area contributed by atoms with E-state index in [9.17, 15) is 9.90 Å². The van der Waals surface area contributed by atoms with Crippen molar-refractivity contribution in [2.75, 3.05) is 0 Å². The van der Waals surface area contributed by atoms with Gasteiger partial charge in [-0.2, -0.15) is 5.10 Å². The van der Waals surface area contributed by atoms with Gasteiger partial charge in [-0.05, 0) is 35.9 Å². The fraction of sp³-hybridized carbons (Fsp3) is 0.0435. The second-order valence-electron chi connectivity index (χ2n) is 6.57. The first-order chi connectivity index (χ1) is 14.1. The van der Waals surface area contributed by atoms with Gasteiger partial charge in [0.25, 0.3) is 5.91 Å². The summed E-state index contributed by atoms with van der Waals surface area (Å²) in [5.74, 6) is -0.195. The van der Waals surface area contributed by atoms with Crippen molar-refractivity contribution in [1.29, 1.82) is 0 Å². The first-order valence-corrected chi connectivity index (χ1v) is 9.85. The number of amides is 1. The second kappa shape index (κ2) is 8.32. The van der Waals surface area contributed by atoms with Crippen molar-refractivity contribution in [2.24, 2.45) is 5.10 Å². The molecule has 1 heterocycles. The van der Waals surface area contributed by atoms with Gasteiger partial charge in [-0.3, -0.25) is 4.79 Å². The molecule has 1 amide bonds. The number of rotatable bonds is 5. The zero-order chi connectivity index (χ0) is 20.2. The second-order valence-corrected chi connectivity index (χ2v) is 7.49. The summed E-state index contributed by atoms with van der Waals surface area (Å²) in [4.78, 5) is 12.7. The van der Waals surface area contributed by atoms with Crippen molar-refractivity contribution in [1.82, 2.24) is 9.99 Å². The van der Waals surface area contributed by atoms with Gasteiger partial charge < -0.3 is 9.67 Å². The van der Waals surface area contributed by atoms with Crippen molar-refractivity contribution >= 4 is 39.0 Å².